The summed E-state index contributed by atoms with van der Waals surface area (Å²) in [6.45, 7) is 3.02. The van der Waals surface area contributed by atoms with E-state index in [4.69, 9.17) is 23.2 Å². The van der Waals surface area contributed by atoms with Crippen LogP contribution in [0.1, 0.15) is 25.5 Å². The van der Waals surface area contributed by atoms with Gasteiger partial charge in [0, 0.05) is 5.56 Å². The summed E-state index contributed by atoms with van der Waals surface area (Å²) in [6.07, 6.45) is 0. The molecule has 0 amide bonds. The van der Waals surface area contributed by atoms with E-state index in [1.54, 1.807) is 13.1 Å². The highest BCUT2D eigenvalue weighted by molar-refractivity contribution is 7.20. The molecule has 1 nitrogen and oxygen atoms in total. The van der Waals surface area contributed by atoms with Gasteiger partial charge in [-0.05, 0) is 27.0 Å². The molecule has 80 valence electrons. The Morgan fingerprint density at radius 3 is 2.36 bits per heavy atom. The molecule has 1 atom stereocenters. The maximum absolute atomic E-state index is 13.8. The van der Waals surface area contributed by atoms with Crippen LogP contribution in [0.3, 0.4) is 0 Å². The fraction of sp³-hybridized carbons (Fsp3) is 0.556. The first kappa shape index (κ1) is 12.2. The molecule has 1 N–H and O–H groups in total. The summed E-state index contributed by atoms with van der Waals surface area (Å²) in [5.74, 6) is 0. The van der Waals surface area contributed by atoms with Crippen LogP contribution >= 0.6 is 34.5 Å². The lowest BCUT2D eigenvalue weighted by molar-refractivity contribution is 0.155. The smallest absolute Gasteiger partial charge is 0.124 e. The molecule has 5 heteroatoms. The Labute approximate surface area is 97.2 Å². The minimum absolute atomic E-state index is 0.432. The molecule has 1 aromatic rings. The summed E-state index contributed by atoms with van der Waals surface area (Å²) < 4.78 is 14.9. The summed E-state index contributed by atoms with van der Waals surface area (Å²) >= 11 is 13.0. The fourth-order valence-corrected chi connectivity index (χ4v) is 2.95. The molecule has 0 saturated carbocycles. The molecule has 0 radical (unpaired) electrons. The van der Waals surface area contributed by atoms with E-state index in [2.05, 4.69) is 5.32 Å². The maximum Gasteiger partial charge on any atom is 0.124 e. The van der Waals surface area contributed by atoms with Gasteiger partial charge < -0.3 is 5.32 Å². The lowest BCUT2D eigenvalue weighted by Crippen LogP contribution is -2.33. The van der Waals surface area contributed by atoms with E-state index in [-0.39, 0.29) is 0 Å². The van der Waals surface area contributed by atoms with Gasteiger partial charge in [-0.2, -0.15) is 0 Å². The molecule has 0 saturated heterocycles. The van der Waals surface area contributed by atoms with Gasteiger partial charge in [-0.25, -0.2) is 4.39 Å². The summed E-state index contributed by atoms with van der Waals surface area (Å²) in [6, 6.07) is 1.27. The predicted molar refractivity (Wildman–Crippen MR) is 61.3 cm³/mol. The predicted octanol–water partition coefficient (Wildman–Crippen LogP) is 4.06. The van der Waals surface area contributed by atoms with E-state index in [0.29, 0.717) is 8.67 Å². The second-order valence-corrected chi connectivity index (χ2v) is 5.85. The number of nitrogens with one attached hydrogen (secondary N) is 1. The van der Waals surface area contributed by atoms with Crippen molar-refractivity contribution in [3.63, 3.8) is 0 Å². The van der Waals surface area contributed by atoms with Gasteiger partial charge in [0.1, 0.15) is 5.67 Å². The molecule has 0 aliphatic rings. The van der Waals surface area contributed by atoms with Crippen molar-refractivity contribution in [3.8, 4) is 0 Å². The first-order valence-electron chi connectivity index (χ1n) is 4.17. The van der Waals surface area contributed by atoms with Crippen LogP contribution in [0, 0.1) is 0 Å². The van der Waals surface area contributed by atoms with Crippen LogP contribution in [-0.2, 0) is 0 Å². The minimum atomic E-state index is -1.37. The Morgan fingerprint density at radius 2 is 2.07 bits per heavy atom. The van der Waals surface area contributed by atoms with Crippen LogP contribution in [-0.4, -0.2) is 12.7 Å². The quantitative estimate of drug-likeness (QED) is 0.859. The number of hydrogen-bond donors (Lipinski definition) is 1. The number of halogens is 3. The summed E-state index contributed by atoms with van der Waals surface area (Å²) in [5, 5.41) is 2.90. The fourth-order valence-electron chi connectivity index (χ4n) is 1.42. The van der Waals surface area contributed by atoms with E-state index in [1.165, 1.54) is 25.2 Å². The SMILES string of the molecule is CNC(c1cc(Cl)sc1Cl)C(C)(C)F. The Balaban J connectivity index is 3.07. The third-order valence-corrected chi connectivity index (χ3v) is 3.49. The Bertz CT molecular complexity index is 319. The monoisotopic (exact) mass is 255 g/mol. The molecule has 1 heterocycles. The highest BCUT2D eigenvalue weighted by atomic mass is 35.5. The van der Waals surface area contributed by atoms with Gasteiger partial charge >= 0.3 is 0 Å². The van der Waals surface area contributed by atoms with E-state index >= 15 is 0 Å². The number of alkyl halides is 1. The summed E-state index contributed by atoms with van der Waals surface area (Å²) in [5.41, 5.74) is -0.653. The molecular formula is C9H12Cl2FNS. The Hall–Kier alpha value is 0.170. The Morgan fingerprint density at radius 1 is 1.50 bits per heavy atom. The van der Waals surface area contributed by atoms with Crippen LogP contribution in [0.5, 0.6) is 0 Å². The standard InChI is InChI=1S/C9H12Cl2FNS/c1-9(2,12)7(13-3)5-4-6(10)14-8(5)11/h4,7,13H,1-3H3. The van der Waals surface area contributed by atoms with E-state index in [0.717, 1.165) is 5.56 Å². The second kappa shape index (κ2) is 4.35. The maximum atomic E-state index is 13.8. The van der Waals surface area contributed by atoms with Crippen molar-refractivity contribution in [2.45, 2.75) is 25.6 Å². The normalized spacial score (nSPS) is 14.4. The number of thiophene rings is 1. The van der Waals surface area contributed by atoms with E-state index < -0.39 is 11.7 Å². The van der Waals surface area contributed by atoms with Crippen LogP contribution in [0.2, 0.25) is 8.67 Å². The zero-order valence-corrected chi connectivity index (χ0v) is 10.5. The third kappa shape index (κ3) is 2.60. The summed E-state index contributed by atoms with van der Waals surface area (Å²) in [7, 11) is 1.70. The van der Waals surface area contributed by atoms with Crippen LogP contribution < -0.4 is 5.32 Å². The highest BCUT2D eigenvalue weighted by Crippen LogP contribution is 2.39. The number of hydrogen-bond acceptors (Lipinski definition) is 2. The van der Waals surface area contributed by atoms with Crippen molar-refractivity contribution in [1.82, 2.24) is 5.32 Å². The molecule has 0 aliphatic carbocycles. The third-order valence-electron chi connectivity index (χ3n) is 1.97. The highest BCUT2D eigenvalue weighted by Gasteiger charge is 2.31. The molecule has 1 aromatic heterocycles. The molecule has 1 unspecified atom stereocenters. The molecular weight excluding hydrogens is 244 g/mol. The van der Waals surface area contributed by atoms with Gasteiger partial charge in [0.25, 0.3) is 0 Å². The van der Waals surface area contributed by atoms with Crippen LogP contribution in [0.15, 0.2) is 6.07 Å². The van der Waals surface area contributed by atoms with Crippen LogP contribution in [0.4, 0.5) is 4.39 Å². The zero-order chi connectivity index (χ0) is 10.9. The summed E-state index contributed by atoms with van der Waals surface area (Å²) in [4.78, 5) is 0. The Kier molecular flexibility index (Phi) is 3.81. The van der Waals surface area contributed by atoms with Gasteiger partial charge in [-0.1, -0.05) is 23.2 Å². The van der Waals surface area contributed by atoms with Crippen molar-refractivity contribution in [2.24, 2.45) is 0 Å². The van der Waals surface area contributed by atoms with Gasteiger partial charge in [-0.3, -0.25) is 0 Å². The van der Waals surface area contributed by atoms with Crippen molar-refractivity contribution in [3.05, 3.63) is 20.3 Å². The topological polar surface area (TPSA) is 12.0 Å². The first-order valence-corrected chi connectivity index (χ1v) is 5.74. The largest absolute Gasteiger partial charge is 0.310 e. The molecule has 1 rings (SSSR count). The van der Waals surface area contributed by atoms with Crippen LogP contribution in [0.25, 0.3) is 0 Å². The average molecular weight is 256 g/mol. The number of rotatable bonds is 3. The molecule has 14 heavy (non-hydrogen) atoms. The van der Waals surface area contributed by atoms with Gasteiger partial charge in [0.15, 0.2) is 0 Å². The molecule has 0 spiro atoms. The van der Waals surface area contributed by atoms with Crippen molar-refractivity contribution in [2.75, 3.05) is 7.05 Å². The molecule has 0 fully saturated rings. The van der Waals surface area contributed by atoms with Crippen molar-refractivity contribution in [1.29, 1.82) is 0 Å². The lowest BCUT2D eigenvalue weighted by Gasteiger charge is -2.26. The minimum Gasteiger partial charge on any atom is -0.310 e. The average Bonchev–Trinajstić information content (AvgIpc) is 2.29. The lowest BCUT2D eigenvalue weighted by atomic mass is 9.96. The van der Waals surface area contributed by atoms with Crippen molar-refractivity contribution >= 4 is 34.5 Å². The van der Waals surface area contributed by atoms with E-state index in [1.807, 2.05) is 0 Å². The second-order valence-electron chi connectivity index (χ2n) is 3.57. The first-order chi connectivity index (χ1) is 6.36. The molecule has 0 bridgehead atoms. The molecule has 0 aromatic carbocycles. The van der Waals surface area contributed by atoms with Gasteiger partial charge in [0.2, 0.25) is 0 Å². The van der Waals surface area contributed by atoms with Crippen molar-refractivity contribution < 1.29 is 4.39 Å². The molecule has 0 aliphatic heterocycles. The van der Waals surface area contributed by atoms with E-state index in [9.17, 15) is 4.39 Å². The zero-order valence-electron chi connectivity index (χ0n) is 8.20. The van der Waals surface area contributed by atoms with Gasteiger partial charge in [-0.15, -0.1) is 11.3 Å². The van der Waals surface area contributed by atoms with Gasteiger partial charge in [0.05, 0.1) is 14.7 Å².